The molecule has 0 aliphatic carbocycles. The smallest absolute Gasteiger partial charge is 0.159 e. The lowest BCUT2D eigenvalue weighted by Crippen LogP contribution is -1.88. The van der Waals surface area contributed by atoms with Crippen LogP contribution in [0.4, 0.5) is 0 Å². The standard InChI is InChI=1S/C8H7BrO.C8H8O.C2H6/c9-5-7-1-3-8(6-10)4-2-7;1-7(9)8-5-3-2-4-6-8;1-2/h1-4,6H,5H2;2-6H,1H3;1-2H3. The van der Waals surface area contributed by atoms with Crippen molar-refractivity contribution in [3.05, 3.63) is 71.3 Å². The molecule has 0 heterocycles. The molecule has 0 saturated heterocycles. The molecule has 0 N–H and O–H groups in total. The maximum Gasteiger partial charge on any atom is 0.159 e. The van der Waals surface area contributed by atoms with E-state index in [2.05, 4.69) is 15.9 Å². The number of benzene rings is 2. The third-order valence-corrected chi connectivity index (χ3v) is 3.10. The third kappa shape index (κ3) is 8.20. The summed E-state index contributed by atoms with van der Waals surface area (Å²) < 4.78 is 0. The summed E-state index contributed by atoms with van der Waals surface area (Å²) in [5.74, 6) is 0.121. The lowest BCUT2D eigenvalue weighted by atomic mass is 10.2. The van der Waals surface area contributed by atoms with Crippen LogP contribution in [-0.4, -0.2) is 12.1 Å². The number of carbonyl (C=O) groups is 2. The van der Waals surface area contributed by atoms with Crippen LogP contribution in [0.5, 0.6) is 0 Å². The molecule has 112 valence electrons. The Morgan fingerprint density at radius 1 is 1.00 bits per heavy atom. The first-order valence-corrected chi connectivity index (χ1v) is 7.95. The molecule has 0 aromatic heterocycles. The van der Waals surface area contributed by atoms with Crippen LogP contribution in [0.25, 0.3) is 0 Å². The van der Waals surface area contributed by atoms with E-state index < -0.39 is 0 Å². The minimum Gasteiger partial charge on any atom is -0.298 e. The second-order valence-corrected chi connectivity index (χ2v) is 4.48. The fraction of sp³-hybridized carbons (Fsp3) is 0.222. The van der Waals surface area contributed by atoms with Gasteiger partial charge in [0.15, 0.2) is 5.78 Å². The van der Waals surface area contributed by atoms with Crippen LogP contribution in [0.1, 0.15) is 47.1 Å². The minimum absolute atomic E-state index is 0.121. The summed E-state index contributed by atoms with van der Waals surface area (Å²) in [6, 6.07) is 16.7. The lowest BCUT2D eigenvalue weighted by molar-refractivity contribution is 0.101. The van der Waals surface area contributed by atoms with Crippen LogP contribution >= 0.6 is 15.9 Å². The molecule has 0 amide bonds. The van der Waals surface area contributed by atoms with E-state index in [4.69, 9.17) is 0 Å². The Hall–Kier alpha value is -1.74. The van der Waals surface area contributed by atoms with Crippen molar-refractivity contribution in [3.63, 3.8) is 0 Å². The summed E-state index contributed by atoms with van der Waals surface area (Å²) >= 11 is 3.32. The fourth-order valence-corrected chi connectivity index (χ4v) is 1.73. The molecule has 0 aliphatic heterocycles. The van der Waals surface area contributed by atoms with Gasteiger partial charge in [-0.2, -0.15) is 0 Å². The molecule has 0 unspecified atom stereocenters. The van der Waals surface area contributed by atoms with Gasteiger partial charge in [-0.25, -0.2) is 0 Å². The van der Waals surface area contributed by atoms with Gasteiger partial charge in [0.1, 0.15) is 6.29 Å². The van der Waals surface area contributed by atoms with Gasteiger partial charge in [0, 0.05) is 16.5 Å². The molecule has 0 aliphatic rings. The van der Waals surface area contributed by atoms with Gasteiger partial charge in [-0.1, -0.05) is 84.4 Å². The van der Waals surface area contributed by atoms with Gasteiger partial charge in [0.05, 0.1) is 0 Å². The Balaban J connectivity index is 0.000000342. The summed E-state index contributed by atoms with van der Waals surface area (Å²) in [5, 5.41) is 0.839. The summed E-state index contributed by atoms with van der Waals surface area (Å²) in [4.78, 5) is 20.8. The zero-order valence-electron chi connectivity index (χ0n) is 12.7. The Morgan fingerprint density at radius 2 is 1.52 bits per heavy atom. The van der Waals surface area contributed by atoms with Gasteiger partial charge < -0.3 is 0 Å². The zero-order chi connectivity index (χ0) is 16.1. The monoisotopic (exact) mass is 348 g/mol. The van der Waals surface area contributed by atoms with Crippen LogP contribution in [0.3, 0.4) is 0 Å². The number of carbonyl (C=O) groups excluding carboxylic acids is 2. The molecule has 0 spiro atoms. The van der Waals surface area contributed by atoms with Crippen molar-refractivity contribution in [2.45, 2.75) is 26.1 Å². The first-order chi connectivity index (χ1) is 10.2. The van der Waals surface area contributed by atoms with Gasteiger partial charge in [-0.15, -0.1) is 0 Å². The number of rotatable bonds is 3. The number of ketones is 1. The highest BCUT2D eigenvalue weighted by atomic mass is 79.9. The van der Waals surface area contributed by atoms with Crippen molar-refractivity contribution in [1.82, 2.24) is 0 Å². The van der Waals surface area contributed by atoms with Gasteiger partial charge in [0.25, 0.3) is 0 Å². The number of Topliss-reactive ketones (excluding diaryl/α,β-unsaturated/α-hetero) is 1. The van der Waals surface area contributed by atoms with Gasteiger partial charge in [0.2, 0.25) is 0 Å². The van der Waals surface area contributed by atoms with E-state index in [1.165, 1.54) is 5.56 Å². The van der Waals surface area contributed by atoms with Crippen LogP contribution in [0.2, 0.25) is 0 Å². The number of alkyl halides is 1. The third-order valence-electron chi connectivity index (χ3n) is 2.45. The Kier molecular flexibility index (Phi) is 11.0. The van der Waals surface area contributed by atoms with E-state index in [0.29, 0.717) is 0 Å². The maximum absolute atomic E-state index is 10.6. The number of aldehydes is 1. The molecule has 0 atom stereocenters. The number of hydrogen-bond donors (Lipinski definition) is 0. The molecule has 0 bridgehead atoms. The van der Waals surface area contributed by atoms with E-state index in [0.717, 1.165) is 22.7 Å². The zero-order valence-corrected chi connectivity index (χ0v) is 14.3. The van der Waals surface area contributed by atoms with E-state index in [1.54, 1.807) is 6.92 Å². The van der Waals surface area contributed by atoms with Crippen molar-refractivity contribution < 1.29 is 9.59 Å². The maximum atomic E-state index is 10.6. The minimum atomic E-state index is 0.121. The van der Waals surface area contributed by atoms with Crippen molar-refractivity contribution in [2.75, 3.05) is 0 Å². The summed E-state index contributed by atoms with van der Waals surface area (Å²) in [5.41, 5.74) is 2.69. The average molecular weight is 349 g/mol. The van der Waals surface area contributed by atoms with Crippen LogP contribution in [-0.2, 0) is 5.33 Å². The molecule has 2 aromatic rings. The van der Waals surface area contributed by atoms with Crippen molar-refractivity contribution in [3.8, 4) is 0 Å². The summed E-state index contributed by atoms with van der Waals surface area (Å²) in [7, 11) is 0. The molecule has 0 radical (unpaired) electrons. The summed E-state index contributed by atoms with van der Waals surface area (Å²) in [6.07, 6.45) is 0.845. The van der Waals surface area contributed by atoms with E-state index in [9.17, 15) is 9.59 Å². The van der Waals surface area contributed by atoms with Crippen molar-refractivity contribution in [2.24, 2.45) is 0 Å². The highest BCUT2D eigenvalue weighted by molar-refractivity contribution is 9.08. The second-order valence-electron chi connectivity index (χ2n) is 3.92. The van der Waals surface area contributed by atoms with Crippen molar-refractivity contribution in [1.29, 1.82) is 0 Å². The Bertz CT molecular complexity index is 519. The molecule has 2 aromatic carbocycles. The summed E-state index contributed by atoms with van der Waals surface area (Å²) in [6.45, 7) is 5.56. The normalized spacial score (nSPS) is 8.57. The van der Waals surface area contributed by atoms with E-state index >= 15 is 0 Å². The molecular formula is C18H21BrO2. The van der Waals surface area contributed by atoms with Gasteiger partial charge in [-0.3, -0.25) is 9.59 Å². The molecule has 21 heavy (non-hydrogen) atoms. The quantitative estimate of drug-likeness (QED) is 0.428. The first-order valence-electron chi connectivity index (χ1n) is 6.83. The van der Waals surface area contributed by atoms with Crippen LogP contribution in [0.15, 0.2) is 54.6 Å². The first kappa shape index (κ1) is 19.3. The highest BCUT2D eigenvalue weighted by Crippen LogP contribution is 2.05. The lowest BCUT2D eigenvalue weighted by Gasteiger charge is -1.92. The number of halogens is 1. The topological polar surface area (TPSA) is 34.1 Å². The molecule has 0 saturated carbocycles. The largest absolute Gasteiger partial charge is 0.298 e. The van der Waals surface area contributed by atoms with E-state index in [1.807, 2.05) is 68.4 Å². The van der Waals surface area contributed by atoms with Crippen LogP contribution in [0, 0.1) is 0 Å². The van der Waals surface area contributed by atoms with Crippen LogP contribution < -0.4 is 0 Å². The Morgan fingerprint density at radius 3 is 1.86 bits per heavy atom. The molecule has 2 nitrogen and oxygen atoms in total. The SMILES string of the molecule is CC.CC(=O)c1ccccc1.O=Cc1ccc(CBr)cc1. The van der Waals surface area contributed by atoms with Gasteiger partial charge >= 0.3 is 0 Å². The number of hydrogen-bond acceptors (Lipinski definition) is 2. The van der Waals surface area contributed by atoms with Crippen molar-refractivity contribution >= 4 is 28.0 Å². The molecule has 0 fully saturated rings. The van der Waals surface area contributed by atoms with Gasteiger partial charge in [-0.05, 0) is 12.5 Å². The highest BCUT2D eigenvalue weighted by Gasteiger charge is 1.92. The molecule has 2 rings (SSSR count). The molecule has 3 heteroatoms. The van der Waals surface area contributed by atoms with E-state index in [-0.39, 0.29) is 5.78 Å². The average Bonchev–Trinajstić information content (AvgIpc) is 2.58. The Labute approximate surface area is 135 Å². The predicted octanol–water partition coefficient (Wildman–Crippen LogP) is 5.31. The second kappa shape index (κ2) is 12.0. The predicted molar refractivity (Wildman–Crippen MR) is 92.3 cm³/mol. The molecular weight excluding hydrogens is 328 g/mol. The fourth-order valence-electron chi connectivity index (χ4n) is 1.36.